The highest BCUT2D eigenvalue weighted by Crippen LogP contribution is 2.13. The van der Waals surface area contributed by atoms with Crippen LogP contribution >= 0.6 is 0 Å². The zero-order chi connectivity index (χ0) is 13.7. The zero-order valence-electron chi connectivity index (χ0n) is 10.8. The highest BCUT2D eigenvalue weighted by atomic mass is 16.2. The molecule has 19 heavy (non-hydrogen) atoms. The predicted octanol–water partition coefficient (Wildman–Crippen LogP) is 2.21. The predicted molar refractivity (Wildman–Crippen MR) is 75.9 cm³/mol. The summed E-state index contributed by atoms with van der Waals surface area (Å²) in [5.74, 6) is 0. The van der Waals surface area contributed by atoms with Gasteiger partial charge in [-0.2, -0.15) is 5.10 Å². The number of aromatic nitrogens is 1. The summed E-state index contributed by atoms with van der Waals surface area (Å²) < 4.78 is 0. The maximum atomic E-state index is 10.5. The van der Waals surface area contributed by atoms with Crippen molar-refractivity contribution in [2.45, 2.75) is 19.8 Å². The monoisotopic (exact) mass is 256 g/mol. The molecule has 0 atom stereocenters. The molecule has 1 aromatic carbocycles. The van der Waals surface area contributed by atoms with Crippen LogP contribution in [0.1, 0.15) is 18.9 Å². The molecule has 1 heterocycles. The number of nitrogens with two attached hydrogens (primary N) is 1. The van der Waals surface area contributed by atoms with E-state index in [1.807, 2.05) is 37.4 Å². The number of hydrogen-bond acceptors (Lipinski definition) is 3. The Hall–Kier alpha value is -2.43. The molecule has 2 aromatic rings. The summed E-state index contributed by atoms with van der Waals surface area (Å²) in [7, 11) is 0. The first-order valence-corrected chi connectivity index (χ1v) is 6.07. The third-order valence-corrected chi connectivity index (χ3v) is 2.78. The maximum Gasteiger partial charge on any atom is 0.332 e. The largest absolute Gasteiger partial charge is 0.350 e. The first kappa shape index (κ1) is 13.0. The summed E-state index contributed by atoms with van der Waals surface area (Å²) in [6.45, 7) is 1.85. The van der Waals surface area contributed by atoms with Gasteiger partial charge in [-0.05, 0) is 37.5 Å². The lowest BCUT2D eigenvalue weighted by Crippen LogP contribution is -2.25. The quantitative estimate of drug-likeness (QED) is 0.649. The van der Waals surface area contributed by atoms with E-state index < -0.39 is 6.03 Å². The molecule has 0 aliphatic carbocycles. The second-order valence-electron chi connectivity index (χ2n) is 4.36. The number of nitrogens with zero attached hydrogens (tertiary/aromatic N) is 2. The molecule has 2 rings (SSSR count). The van der Waals surface area contributed by atoms with E-state index in [0.29, 0.717) is 0 Å². The van der Waals surface area contributed by atoms with Crippen LogP contribution < -0.4 is 11.2 Å². The summed E-state index contributed by atoms with van der Waals surface area (Å²) in [4.78, 5) is 14.9. The summed E-state index contributed by atoms with van der Waals surface area (Å²) in [6, 6.07) is 9.48. The van der Waals surface area contributed by atoms with Gasteiger partial charge in [-0.1, -0.05) is 18.2 Å². The van der Waals surface area contributed by atoms with Crippen LogP contribution in [0, 0.1) is 0 Å². The van der Waals surface area contributed by atoms with Gasteiger partial charge < -0.3 is 5.73 Å². The summed E-state index contributed by atoms with van der Waals surface area (Å²) >= 11 is 0. The zero-order valence-corrected chi connectivity index (χ0v) is 10.8. The number of benzene rings is 1. The minimum Gasteiger partial charge on any atom is -0.350 e. The second kappa shape index (κ2) is 5.95. The number of hydrogen-bond donors (Lipinski definition) is 2. The van der Waals surface area contributed by atoms with Crippen molar-refractivity contribution in [2.75, 3.05) is 0 Å². The molecular formula is C14H16N4O. The smallest absolute Gasteiger partial charge is 0.332 e. The fraction of sp³-hybridized carbons (Fsp3) is 0.214. The number of amides is 2. The highest BCUT2D eigenvalue weighted by molar-refractivity contribution is 5.84. The van der Waals surface area contributed by atoms with E-state index >= 15 is 0 Å². The van der Waals surface area contributed by atoms with Crippen LogP contribution in [-0.2, 0) is 6.42 Å². The average Bonchev–Trinajstić information content (AvgIpc) is 2.42. The number of para-hydroxylation sites is 1. The van der Waals surface area contributed by atoms with Crippen LogP contribution in [0.3, 0.4) is 0 Å². The fourth-order valence-electron chi connectivity index (χ4n) is 1.78. The molecule has 98 valence electrons. The van der Waals surface area contributed by atoms with Gasteiger partial charge in [0.05, 0.1) is 5.52 Å². The number of fused-ring (bicyclic) bond motifs is 1. The fourth-order valence-corrected chi connectivity index (χ4v) is 1.78. The molecule has 0 radical (unpaired) electrons. The molecule has 0 aliphatic rings. The summed E-state index contributed by atoms with van der Waals surface area (Å²) in [5, 5.41) is 5.00. The molecule has 1 aromatic heterocycles. The Morgan fingerprint density at radius 1 is 1.42 bits per heavy atom. The van der Waals surface area contributed by atoms with Gasteiger partial charge in [0.15, 0.2) is 0 Å². The average molecular weight is 256 g/mol. The van der Waals surface area contributed by atoms with Crippen molar-refractivity contribution in [1.29, 1.82) is 0 Å². The van der Waals surface area contributed by atoms with Gasteiger partial charge in [0, 0.05) is 17.3 Å². The number of primary amides is 1. The summed E-state index contributed by atoms with van der Waals surface area (Å²) in [5.41, 5.74) is 10.1. The SMILES string of the molecule is CC(CCc1cnc2ccccc2c1)=NNC(N)=O. The number of carbonyl (C=O) groups is 1. The van der Waals surface area contributed by atoms with Crippen LogP contribution in [0.2, 0.25) is 0 Å². The van der Waals surface area contributed by atoms with E-state index in [2.05, 4.69) is 21.6 Å². The topological polar surface area (TPSA) is 80.4 Å². The number of pyridine rings is 1. The molecule has 5 heteroatoms. The molecule has 0 fully saturated rings. The van der Waals surface area contributed by atoms with E-state index in [9.17, 15) is 4.79 Å². The molecule has 0 saturated carbocycles. The lowest BCUT2D eigenvalue weighted by Gasteiger charge is -2.03. The van der Waals surface area contributed by atoms with Gasteiger partial charge >= 0.3 is 6.03 Å². The van der Waals surface area contributed by atoms with E-state index in [1.54, 1.807) is 0 Å². The minimum absolute atomic E-state index is 0.647. The molecule has 0 bridgehead atoms. The molecule has 0 spiro atoms. The molecule has 0 saturated heterocycles. The molecular weight excluding hydrogens is 240 g/mol. The molecule has 0 unspecified atom stereocenters. The number of nitrogens with one attached hydrogen (secondary N) is 1. The lowest BCUT2D eigenvalue weighted by atomic mass is 10.1. The standard InChI is InChI=1S/C14H16N4O/c1-10(17-18-14(15)19)6-7-11-8-12-4-2-3-5-13(12)16-9-11/h2-5,8-9H,6-7H2,1H3,(H3,15,18,19). The van der Waals surface area contributed by atoms with Gasteiger partial charge in [0.25, 0.3) is 0 Å². The van der Waals surface area contributed by atoms with Gasteiger partial charge in [-0.25, -0.2) is 10.2 Å². The van der Waals surface area contributed by atoms with E-state index in [4.69, 9.17) is 5.73 Å². The molecule has 5 nitrogen and oxygen atoms in total. The second-order valence-corrected chi connectivity index (χ2v) is 4.36. The van der Waals surface area contributed by atoms with Crippen LogP contribution in [0.25, 0.3) is 10.9 Å². The van der Waals surface area contributed by atoms with E-state index in [-0.39, 0.29) is 0 Å². The summed E-state index contributed by atoms with van der Waals surface area (Å²) in [6.07, 6.45) is 3.45. The van der Waals surface area contributed by atoms with Crippen LogP contribution in [-0.4, -0.2) is 16.7 Å². The van der Waals surface area contributed by atoms with Gasteiger partial charge in [0.1, 0.15) is 0 Å². The van der Waals surface area contributed by atoms with Crippen LogP contribution in [0.5, 0.6) is 0 Å². The normalized spacial score (nSPS) is 11.5. The Balaban J connectivity index is 2.01. The third kappa shape index (κ3) is 3.77. The third-order valence-electron chi connectivity index (χ3n) is 2.78. The number of carbonyl (C=O) groups excluding carboxylic acids is 1. The first-order chi connectivity index (χ1) is 9.15. The molecule has 3 N–H and O–H groups in total. The number of hydrazone groups is 1. The van der Waals surface area contributed by atoms with Crippen molar-refractivity contribution >= 4 is 22.6 Å². The lowest BCUT2D eigenvalue weighted by molar-refractivity contribution is 0.249. The van der Waals surface area contributed by atoms with Crippen molar-refractivity contribution in [2.24, 2.45) is 10.8 Å². The Bertz CT molecular complexity index is 622. The Kier molecular flexibility index (Phi) is 4.07. The number of rotatable bonds is 4. The van der Waals surface area contributed by atoms with Gasteiger partial charge in [-0.3, -0.25) is 4.98 Å². The van der Waals surface area contributed by atoms with Gasteiger partial charge in [-0.15, -0.1) is 0 Å². The maximum absolute atomic E-state index is 10.5. The van der Waals surface area contributed by atoms with Crippen molar-refractivity contribution in [3.05, 3.63) is 42.1 Å². The Morgan fingerprint density at radius 2 is 2.21 bits per heavy atom. The molecule has 2 amide bonds. The Labute approximate surface area is 111 Å². The van der Waals surface area contributed by atoms with Crippen molar-refractivity contribution < 1.29 is 4.79 Å². The van der Waals surface area contributed by atoms with E-state index in [1.165, 1.54) is 0 Å². The van der Waals surface area contributed by atoms with Crippen LogP contribution in [0.15, 0.2) is 41.6 Å². The van der Waals surface area contributed by atoms with Crippen molar-refractivity contribution in [3.8, 4) is 0 Å². The molecule has 0 aliphatic heterocycles. The Morgan fingerprint density at radius 3 is 3.00 bits per heavy atom. The minimum atomic E-state index is -0.647. The first-order valence-electron chi connectivity index (χ1n) is 6.07. The van der Waals surface area contributed by atoms with Gasteiger partial charge in [0.2, 0.25) is 0 Å². The number of urea groups is 1. The number of aryl methyl sites for hydroxylation is 1. The van der Waals surface area contributed by atoms with Crippen molar-refractivity contribution in [1.82, 2.24) is 10.4 Å². The van der Waals surface area contributed by atoms with Crippen LogP contribution in [0.4, 0.5) is 4.79 Å². The van der Waals surface area contributed by atoms with E-state index in [0.717, 1.165) is 35.0 Å². The highest BCUT2D eigenvalue weighted by Gasteiger charge is 1.99. The van der Waals surface area contributed by atoms with Crippen molar-refractivity contribution in [3.63, 3.8) is 0 Å².